The maximum absolute atomic E-state index is 11.8. The summed E-state index contributed by atoms with van der Waals surface area (Å²) >= 11 is 3.15. The summed E-state index contributed by atoms with van der Waals surface area (Å²) in [6.07, 6.45) is 6.24. The van der Waals surface area contributed by atoms with Crippen LogP contribution < -0.4 is 10.9 Å². The van der Waals surface area contributed by atoms with Crippen LogP contribution in [0.4, 0.5) is 5.82 Å². The van der Waals surface area contributed by atoms with Crippen LogP contribution in [0.5, 0.6) is 0 Å². The lowest BCUT2D eigenvalue weighted by Gasteiger charge is -2.05. The fraction of sp³-hybridized carbons (Fsp3) is 0.273. The summed E-state index contributed by atoms with van der Waals surface area (Å²) in [7, 11) is 0. The van der Waals surface area contributed by atoms with Crippen LogP contribution in [0.3, 0.4) is 0 Å². The lowest BCUT2D eigenvalue weighted by molar-refractivity contribution is 0.710. The molecule has 0 radical (unpaired) electrons. The predicted molar refractivity (Wildman–Crippen MR) is 71.5 cm³/mol. The molecule has 7 heteroatoms. The van der Waals surface area contributed by atoms with Crippen LogP contribution in [0.2, 0.25) is 0 Å². The fourth-order valence-corrected chi connectivity index (χ4v) is 1.77. The van der Waals surface area contributed by atoms with Crippen LogP contribution in [0.15, 0.2) is 34.2 Å². The van der Waals surface area contributed by atoms with Crippen molar-refractivity contribution in [3.8, 4) is 0 Å². The third-order valence-electron chi connectivity index (χ3n) is 2.25. The predicted octanol–water partition coefficient (Wildman–Crippen LogP) is 1.28. The molecule has 0 saturated heterocycles. The molecule has 2 aromatic heterocycles. The summed E-state index contributed by atoms with van der Waals surface area (Å²) in [5.74, 6) is 0.723. The van der Waals surface area contributed by atoms with E-state index in [4.69, 9.17) is 0 Å². The minimum atomic E-state index is -0.137. The van der Waals surface area contributed by atoms with Gasteiger partial charge in [-0.25, -0.2) is 9.97 Å². The molecule has 0 saturated carbocycles. The molecule has 94 valence electrons. The van der Waals surface area contributed by atoms with E-state index in [9.17, 15) is 4.79 Å². The molecule has 0 aliphatic carbocycles. The molecule has 18 heavy (non-hydrogen) atoms. The van der Waals surface area contributed by atoms with Gasteiger partial charge < -0.3 is 5.32 Å². The Balaban J connectivity index is 2.18. The zero-order valence-corrected chi connectivity index (χ0v) is 11.4. The van der Waals surface area contributed by atoms with Crippen LogP contribution in [0, 0.1) is 0 Å². The Labute approximate surface area is 112 Å². The van der Waals surface area contributed by atoms with Crippen molar-refractivity contribution >= 4 is 21.7 Å². The third-order valence-corrected chi connectivity index (χ3v) is 2.80. The Morgan fingerprint density at radius 1 is 1.33 bits per heavy atom. The van der Waals surface area contributed by atoms with Crippen LogP contribution in [0.25, 0.3) is 0 Å². The molecule has 0 spiro atoms. The quantitative estimate of drug-likeness (QED) is 0.921. The van der Waals surface area contributed by atoms with E-state index in [1.54, 1.807) is 12.4 Å². The smallest absolute Gasteiger partial charge is 0.267 e. The Bertz CT molecular complexity index is 581. The Morgan fingerprint density at radius 2 is 2.17 bits per heavy atom. The number of rotatable bonds is 4. The first-order valence-corrected chi connectivity index (χ1v) is 6.24. The number of nitrogens with one attached hydrogen (secondary N) is 1. The van der Waals surface area contributed by atoms with E-state index in [-0.39, 0.29) is 5.56 Å². The average Bonchev–Trinajstić information content (AvgIpc) is 2.38. The Kier molecular flexibility index (Phi) is 4.03. The van der Waals surface area contributed by atoms with Crippen molar-refractivity contribution in [3.63, 3.8) is 0 Å². The van der Waals surface area contributed by atoms with E-state index in [0.717, 1.165) is 12.4 Å². The molecule has 0 fully saturated rings. The monoisotopic (exact) mass is 309 g/mol. The minimum absolute atomic E-state index is 0.137. The molecule has 0 unspecified atom stereocenters. The van der Waals surface area contributed by atoms with Gasteiger partial charge in [-0.1, -0.05) is 0 Å². The highest BCUT2D eigenvalue weighted by Gasteiger charge is 2.03. The van der Waals surface area contributed by atoms with Gasteiger partial charge in [-0.15, -0.1) is 0 Å². The van der Waals surface area contributed by atoms with Gasteiger partial charge in [0.15, 0.2) is 0 Å². The average molecular weight is 310 g/mol. The summed E-state index contributed by atoms with van der Waals surface area (Å²) < 4.78 is 1.91. The summed E-state index contributed by atoms with van der Waals surface area (Å²) in [4.78, 5) is 24.1. The number of nitrogens with zero attached hydrogens (tertiary/aromatic N) is 4. The van der Waals surface area contributed by atoms with Gasteiger partial charge in [0, 0.05) is 12.7 Å². The van der Waals surface area contributed by atoms with E-state index in [0.29, 0.717) is 16.7 Å². The molecule has 6 nitrogen and oxygen atoms in total. The lowest BCUT2D eigenvalue weighted by atomic mass is 10.4. The zero-order valence-electron chi connectivity index (χ0n) is 9.80. The first-order chi connectivity index (χ1) is 8.70. The van der Waals surface area contributed by atoms with Crippen LogP contribution in [0.1, 0.15) is 12.6 Å². The molecule has 0 aliphatic heterocycles. The zero-order chi connectivity index (χ0) is 13.0. The van der Waals surface area contributed by atoms with Crippen molar-refractivity contribution in [2.75, 3.05) is 11.9 Å². The maximum atomic E-state index is 11.8. The number of hydrogen-bond donors (Lipinski definition) is 1. The molecule has 0 aromatic carbocycles. The first-order valence-electron chi connectivity index (χ1n) is 5.45. The summed E-state index contributed by atoms with van der Waals surface area (Å²) in [6, 6.07) is 0. The molecular weight excluding hydrogens is 298 g/mol. The second-order valence-electron chi connectivity index (χ2n) is 3.60. The topological polar surface area (TPSA) is 72.7 Å². The van der Waals surface area contributed by atoms with Gasteiger partial charge in [0.05, 0.1) is 31.0 Å². The van der Waals surface area contributed by atoms with Crippen molar-refractivity contribution in [1.29, 1.82) is 0 Å². The van der Waals surface area contributed by atoms with Crippen molar-refractivity contribution in [1.82, 2.24) is 19.5 Å². The second-order valence-corrected chi connectivity index (χ2v) is 4.45. The lowest BCUT2D eigenvalue weighted by Crippen LogP contribution is -2.21. The van der Waals surface area contributed by atoms with Gasteiger partial charge in [0.25, 0.3) is 5.56 Å². The van der Waals surface area contributed by atoms with Gasteiger partial charge in [0.2, 0.25) is 0 Å². The Hall–Kier alpha value is -1.76. The van der Waals surface area contributed by atoms with Gasteiger partial charge >= 0.3 is 0 Å². The van der Waals surface area contributed by atoms with E-state index in [1.807, 2.05) is 6.92 Å². The highest BCUT2D eigenvalue weighted by molar-refractivity contribution is 9.10. The van der Waals surface area contributed by atoms with E-state index in [1.165, 1.54) is 17.1 Å². The second kappa shape index (κ2) is 5.72. The molecule has 2 aromatic rings. The molecule has 1 N–H and O–H groups in total. The van der Waals surface area contributed by atoms with E-state index >= 15 is 0 Å². The van der Waals surface area contributed by atoms with Gasteiger partial charge in [0.1, 0.15) is 10.3 Å². The highest BCUT2D eigenvalue weighted by Crippen LogP contribution is 2.03. The molecule has 0 atom stereocenters. The molecule has 0 aliphatic rings. The van der Waals surface area contributed by atoms with Crippen molar-refractivity contribution < 1.29 is 0 Å². The van der Waals surface area contributed by atoms with Gasteiger partial charge in [-0.05, 0) is 22.9 Å². The SMILES string of the molecule is CCNc1cnc(Cn2cncc(Br)c2=O)cn1. The van der Waals surface area contributed by atoms with Crippen LogP contribution in [-0.2, 0) is 6.54 Å². The van der Waals surface area contributed by atoms with Crippen LogP contribution >= 0.6 is 15.9 Å². The number of aromatic nitrogens is 4. The molecule has 2 rings (SSSR count). The fourth-order valence-electron chi connectivity index (χ4n) is 1.42. The van der Waals surface area contributed by atoms with Crippen molar-refractivity contribution in [2.24, 2.45) is 0 Å². The highest BCUT2D eigenvalue weighted by atomic mass is 79.9. The maximum Gasteiger partial charge on any atom is 0.267 e. The van der Waals surface area contributed by atoms with Crippen molar-refractivity contribution in [2.45, 2.75) is 13.5 Å². The number of anilines is 1. The van der Waals surface area contributed by atoms with E-state index in [2.05, 4.69) is 36.2 Å². The summed E-state index contributed by atoms with van der Waals surface area (Å²) in [5, 5.41) is 3.06. The molecular formula is C11H12BrN5O. The van der Waals surface area contributed by atoms with Gasteiger partial charge in [-0.2, -0.15) is 0 Å². The number of halogens is 1. The molecule has 2 heterocycles. The summed E-state index contributed by atoms with van der Waals surface area (Å²) in [5.41, 5.74) is 0.571. The van der Waals surface area contributed by atoms with E-state index < -0.39 is 0 Å². The molecule has 0 amide bonds. The standard InChI is InChI=1S/C11H12BrN5O/c1-2-14-10-5-15-8(3-16-10)6-17-7-13-4-9(12)11(17)18/h3-5,7H,2,6H2,1H3,(H,14,16). The summed E-state index contributed by atoms with van der Waals surface area (Å²) in [6.45, 7) is 3.13. The molecule has 0 bridgehead atoms. The van der Waals surface area contributed by atoms with Crippen LogP contribution in [-0.4, -0.2) is 26.1 Å². The largest absolute Gasteiger partial charge is 0.369 e. The Morgan fingerprint density at radius 3 is 2.83 bits per heavy atom. The minimum Gasteiger partial charge on any atom is -0.369 e. The normalized spacial score (nSPS) is 10.3. The van der Waals surface area contributed by atoms with Gasteiger partial charge in [-0.3, -0.25) is 14.3 Å². The van der Waals surface area contributed by atoms with Crippen molar-refractivity contribution in [3.05, 3.63) is 45.4 Å². The first kappa shape index (κ1) is 12.7. The number of hydrogen-bond acceptors (Lipinski definition) is 5. The third kappa shape index (κ3) is 2.92.